The molecule has 2 aromatic heterocycles. The average Bonchev–Trinajstić information content (AvgIpc) is 3.55. The number of hydrogen-bond donors (Lipinski definition) is 3. The molecule has 11 nitrogen and oxygen atoms in total. The van der Waals surface area contributed by atoms with Gasteiger partial charge >= 0.3 is 0 Å². The lowest BCUT2D eigenvalue weighted by molar-refractivity contribution is -0.133. The fourth-order valence-electron chi connectivity index (χ4n) is 4.91. The first kappa shape index (κ1) is 26.3. The van der Waals surface area contributed by atoms with Crippen molar-refractivity contribution >= 4 is 28.8 Å². The van der Waals surface area contributed by atoms with Gasteiger partial charge in [-0.05, 0) is 58.5 Å². The Morgan fingerprint density at radius 3 is 2.58 bits per heavy atom. The molecule has 2 saturated heterocycles. The van der Waals surface area contributed by atoms with Crippen LogP contribution < -0.4 is 16.0 Å². The number of hydrogen-bond acceptors (Lipinski definition) is 8. The second-order valence-electron chi connectivity index (χ2n) is 9.59. The lowest BCUT2D eigenvalue weighted by Gasteiger charge is -2.26. The van der Waals surface area contributed by atoms with Crippen molar-refractivity contribution in [2.24, 2.45) is 0 Å². The molecule has 2 amide bonds. The van der Waals surface area contributed by atoms with Crippen molar-refractivity contribution in [1.29, 1.82) is 0 Å². The molecule has 0 aromatic carbocycles. The van der Waals surface area contributed by atoms with E-state index in [9.17, 15) is 9.59 Å². The number of ether oxygens (including phenoxy) is 1. The number of piperidine rings is 1. The van der Waals surface area contributed by atoms with Crippen molar-refractivity contribution in [2.75, 3.05) is 38.0 Å². The van der Waals surface area contributed by atoms with Crippen LogP contribution in [0.1, 0.15) is 82.6 Å². The molecule has 2 atom stereocenters. The van der Waals surface area contributed by atoms with E-state index in [1.165, 1.54) is 19.3 Å². The van der Waals surface area contributed by atoms with Crippen LogP contribution in [-0.2, 0) is 9.53 Å². The zero-order valence-electron chi connectivity index (χ0n) is 21.8. The number of carbonyl (C=O) groups is 2. The molecule has 0 saturated carbocycles. The van der Waals surface area contributed by atoms with Crippen LogP contribution in [0.15, 0.2) is 6.33 Å². The van der Waals surface area contributed by atoms with Crippen LogP contribution in [-0.4, -0.2) is 81.1 Å². The summed E-state index contributed by atoms with van der Waals surface area (Å²) in [5.74, 6) is 0.243. The third kappa shape index (κ3) is 6.12. The average molecular weight is 501 g/mol. The molecule has 0 aliphatic carbocycles. The summed E-state index contributed by atoms with van der Waals surface area (Å²) in [5.41, 5.74) is 1.12. The quantitative estimate of drug-likeness (QED) is 0.430. The van der Waals surface area contributed by atoms with E-state index in [2.05, 4.69) is 49.6 Å². The van der Waals surface area contributed by atoms with Crippen molar-refractivity contribution in [3.63, 3.8) is 0 Å². The predicted molar refractivity (Wildman–Crippen MR) is 138 cm³/mol. The number of carbonyl (C=O) groups excluding carboxylic acids is 2. The summed E-state index contributed by atoms with van der Waals surface area (Å²) in [4.78, 5) is 41.5. The highest BCUT2D eigenvalue weighted by Crippen LogP contribution is 2.32. The standard InChI is InChI=1S/C25H40N8O3/c1-4-17(5-2)29-21-20-23(33(16-28-20)19-11-10-18(36-19)24(34)26-6-3)31-22(30-21)25(35)27-12-15-32-13-8-7-9-14-32/h16-19H,4-15H2,1-3H3,(H,26,34)(H,27,35)(H,29,30,31). The monoisotopic (exact) mass is 500 g/mol. The highest BCUT2D eigenvalue weighted by atomic mass is 16.5. The first-order chi connectivity index (χ1) is 17.5. The Balaban J connectivity index is 1.56. The maximum Gasteiger partial charge on any atom is 0.289 e. The molecule has 2 aliphatic rings. The molecule has 0 spiro atoms. The van der Waals surface area contributed by atoms with Gasteiger partial charge in [-0.1, -0.05) is 20.3 Å². The highest BCUT2D eigenvalue weighted by Gasteiger charge is 2.33. The van der Waals surface area contributed by atoms with Gasteiger partial charge in [-0.25, -0.2) is 15.0 Å². The Morgan fingerprint density at radius 1 is 1.08 bits per heavy atom. The van der Waals surface area contributed by atoms with Crippen LogP contribution in [0.25, 0.3) is 11.2 Å². The number of rotatable bonds is 11. The summed E-state index contributed by atoms with van der Waals surface area (Å²) in [6, 6.07) is 0.202. The van der Waals surface area contributed by atoms with E-state index in [1.807, 2.05) is 11.5 Å². The van der Waals surface area contributed by atoms with Gasteiger partial charge in [0.25, 0.3) is 5.91 Å². The van der Waals surface area contributed by atoms with Crippen LogP contribution in [0.3, 0.4) is 0 Å². The number of likely N-dealkylation sites (N-methyl/N-ethyl adjacent to an activating group) is 1. The van der Waals surface area contributed by atoms with Crippen LogP contribution in [0.4, 0.5) is 5.82 Å². The van der Waals surface area contributed by atoms with Crippen molar-refractivity contribution in [1.82, 2.24) is 35.1 Å². The van der Waals surface area contributed by atoms with Gasteiger partial charge in [0.2, 0.25) is 11.7 Å². The number of nitrogens with one attached hydrogen (secondary N) is 3. The number of imidazole rings is 1. The molecule has 2 unspecified atom stereocenters. The molecule has 0 bridgehead atoms. The number of likely N-dealkylation sites (tertiary alicyclic amines) is 1. The molecule has 0 radical (unpaired) electrons. The Morgan fingerprint density at radius 2 is 1.86 bits per heavy atom. The third-order valence-corrected chi connectivity index (χ3v) is 7.06. The minimum absolute atomic E-state index is 0.106. The van der Waals surface area contributed by atoms with Gasteiger partial charge in [0.1, 0.15) is 12.3 Å². The third-order valence-electron chi connectivity index (χ3n) is 7.06. The van der Waals surface area contributed by atoms with Crippen molar-refractivity contribution < 1.29 is 14.3 Å². The second-order valence-corrected chi connectivity index (χ2v) is 9.59. The first-order valence-corrected chi connectivity index (χ1v) is 13.5. The van der Waals surface area contributed by atoms with E-state index in [4.69, 9.17) is 4.74 Å². The summed E-state index contributed by atoms with van der Waals surface area (Å²) < 4.78 is 7.87. The van der Waals surface area contributed by atoms with Gasteiger partial charge in [-0.2, -0.15) is 0 Å². The number of anilines is 1. The van der Waals surface area contributed by atoms with Crippen LogP contribution in [0.2, 0.25) is 0 Å². The molecule has 198 valence electrons. The SMILES string of the molecule is CCNC(=O)C1CCC(n2cnc3c(NC(CC)CC)nc(C(=O)NCCN4CCCCC4)nc32)O1. The van der Waals surface area contributed by atoms with Gasteiger partial charge in [-0.15, -0.1) is 0 Å². The number of fused-ring (bicyclic) bond motifs is 1. The summed E-state index contributed by atoms with van der Waals surface area (Å²) in [6.07, 6.45) is 7.60. The number of nitrogens with zero attached hydrogens (tertiary/aromatic N) is 5. The summed E-state index contributed by atoms with van der Waals surface area (Å²) in [6.45, 7) is 10.2. The van der Waals surface area contributed by atoms with Crippen LogP contribution >= 0.6 is 0 Å². The van der Waals surface area contributed by atoms with E-state index in [-0.39, 0.29) is 29.9 Å². The second kappa shape index (κ2) is 12.4. The molecule has 4 heterocycles. The normalized spacial score (nSPS) is 20.7. The van der Waals surface area contributed by atoms with Crippen molar-refractivity contribution in [3.05, 3.63) is 12.2 Å². The topological polar surface area (TPSA) is 126 Å². The van der Waals surface area contributed by atoms with Crippen LogP contribution in [0, 0.1) is 0 Å². The molecule has 2 aliphatic heterocycles. The smallest absolute Gasteiger partial charge is 0.289 e. The van der Waals surface area contributed by atoms with Crippen molar-refractivity contribution in [2.45, 2.75) is 84.1 Å². The lowest BCUT2D eigenvalue weighted by Crippen LogP contribution is -2.38. The van der Waals surface area contributed by atoms with E-state index in [0.717, 1.165) is 32.5 Å². The van der Waals surface area contributed by atoms with E-state index in [0.29, 0.717) is 42.9 Å². The Kier molecular flexibility index (Phi) is 9.08. The Bertz CT molecular complexity index is 1030. The number of aromatic nitrogens is 4. The van der Waals surface area contributed by atoms with Crippen LogP contribution in [0.5, 0.6) is 0 Å². The number of amides is 2. The van der Waals surface area contributed by atoms with E-state index in [1.54, 1.807) is 6.33 Å². The van der Waals surface area contributed by atoms with Gasteiger partial charge < -0.3 is 25.6 Å². The zero-order chi connectivity index (χ0) is 25.5. The molecule has 11 heteroatoms. The first-order valence-electron chi connectivity index (χ1n) is 13.5. The van der Waals surface area contributed by atoms with Crippen molar-refractivity contribution in [3.8, 4) is 0 Å². The fraction of sp³-hybridized carbons (Fsp3) is 0.720. The minimum atomic E-state index is -0.506. The molecular formula is C25H40N8O3. The molecule has 4 rings (SSSR count). The molecule has 3 N–H and O–H groups in total. The minimum Gasteiger partial charge on any atom is -0.365 e. The maximum atomic E-state index is 13.1. The van der Waals surface area contributed by atoms with Gasteiger partial charge in [-0.3, -0.25) is 14.2 Å². The summed E-state index contributed by atoms with van der Waals surface area (Å²) >= 11 is 0. The molecule has 36 heavy (non-hydrogen) atoms. The van der Waals surface area contributed by atoms with E-state index < -0.39 is 6.10 Å². The highest BCUT2D eigenvalue weighted by molar-refractivity contribution is 5.94. The Hall–Kier alpha value is -2.79. The van der Waals surface area contributed by atoms with E-state index >= 15 is 0 Å². The summed E-state index contributed by atoms with van der Waals surface area (Å²) in [5, 5.41) is 9.26. The largest absolute Gasteiger partial charge is 0.365 e. The molecule has 2 aromatic rings. The predicted octanol–water partition coefficient (Wildman–Crippen LogP) is 2.46. The van der Waals surface area contributed by atoms with Gasteiger partial charge in [0.15, 0.2) is 17.0 Å². The molecular weight excluding hydrogens is 460 g/mol. The maximum absolute atomic E-state index is 13.1. The summed E-state index contributed by atoms with van der Waals surface area (Å²) in [7, 11) is 0. The van der Waals surface area contributed by atoms with Gasteiger partial charge in [0.05, 0.1) is 6.33 Å². The fourth-order valence-corrected chi connectivity index (χ4v) is 4.91. The molecule has 2 fully saturated rings. The lowest BCUT2D eigenvalue weighted by atomic mass is 10.1. The Labute approximate surface area is 212 Å². The zero-order valence-corrected chi connectivity index (χ0v) is 21.8. The van der Waals surface area contributed by atoms with Gasteiger partial charge in [0, 0.05) is 25.7 Å².